The first-order valence-electron chi connectivity index (χ1n) is 10.7. The van der Waals surface area contributed by atoms with Gasteiger partial charge in [0.05, 0.1) is 11.1 Å². The van der Waals surface area contributed by atoms with Crippen molar-refractivity contribution >= 4 is 0 Å². The molecule has 0 saturated carbocycles. The van der Waals surface area contributed by atoms with E-state index in [1.165, 1.54) is 27.8 Å². The zero-order valence-corrected chi connectivity index (χ0v) is 17.6. The number of hydrogen-bond acceptors (Lipinski definition) is 1. The molecule has 1 aliphatic rings. The van der Waals surface area contributed by atoms with Gasteiger partial charge >= 0.3 is 0 Å². The van der Waals surface area contributed by atoms with E-state index >= 15 is 0 Å². The highest BCUT2D eigenvalue weighted by molar-refractivity contribution is 5.55. The van der Waals surface area contributed by atoms with Gasteiger partial charge in [0, 0.05) is 6.54 Å². The van der Waals surface area contributed by atoms with Gasteiger partial charge in [-0.2, -0.15) is 0 Å². The van der Waals surface area contributed by atoms with Gasteiger partial charge in [0.15, 0.2) is 0 Å². The van der Waals surface area contributed by atoms with Crippen LogP contribution < -0.4 is 0 Å². The maximum atomic E-state index is 2.69. The molecule has 2 atom stereocenters. The second kappa shape index (κ2) is 7.27. The predicted molar refractivity (Wildman–Crippen MR) is 124 cm³/mol. The standard InChI is InChI=1S/C29H27N/c1-28(24-16-8-4-9-17-24)26-20-12-13-21-27(26)29(2,25-18-10-5-11-19-25)30(28)22-23-14-6-3-7-15-23/h3-21H,22H2,1-2H3/t28-,29+. The van der Waals surface area contributed by atoms with E-state index in [4.69, 9.17) is 0 Å². The van der Waals surface area contributed by atoms with Crippen LogP contribution in [0.15, 0.2) is 115 Å². The van der Waals surface area contributed by atoms with Crippen molar-refractivity contribution in [2.24, 2.45) is 0 Å². The van der Waals surface area contributed by atoms with E-state index < -0.39 is 0 Å². The van der Waals surface area contributed by atoms with E-state index in [1.54, 1.807) is 0 Å². The quantitative estimate of drug-likeness (QED) is 0.374. The summed E-state index contributed by atoms with van der Waals surface area (Å²) in [6.45, 7) is 5.64. The third kappa shape index (κ3) is 2.74. The van der Waals surface area contributed by atoms with Gasteiger partial charge in [0.1, 0.15) is 0 Å². The minimum Gasteiger partial charge on any atom is -0.272 e. The van der Waals surface area contributed by atoms with E-state index in [-0.39, 0.29) is 11.1 Å². The van der Waals surface area contributed by atoms with Crippen LogP contribution in [0.3, 0.4) is 0 Å². The number of fused-ring (bicyclic) bond motifs is 1. The summed E-state index contributed by atoms with van der Waals surface area (Å²) in [6, 6.07) is 41.7. The van der Waals surface area contributed by atoms with Crippen molar-refractivity contribution in [3.05, 3.63) is 143 Å². The van der Waals surface area contributed by atoms with Crippen molar-refractivity contribution in [1.82, 2.24) is 4.90 Å². The molecule has 0 radical (unpaired) electrons. The number of nitrogens with zero attached hydrogens (tertiary/aromatic N) is 1. The lowest BCUT2D eigenvalue weighted by molar-refractivity contribution is 0.0585. The average molecular weight is 390 g/mol. The van der Waals surface area contributed by atoms with E-state index in [1.807, 2.05) is 0 Å². The summed E-state index contributed by atoms with van der Waals surface area (Å²) in [6.07, 6.45) is 0. The fourth-order valence-corrected chi connectivity index (χ4v) is 5.30. The summed E-state index contributed by atoms with van der Waals surface area (Å²) >= 11 is 0. The van der Waals surface area contributed by atoms with Gasteiger partial charge in [-0.25, -0.2) is 0 Å². The monoisotopic (exact) mass is 389 g/mol. The first-order chi connectivity index (χ1) is 14.6. The highest BCUT2D eigenvalue weighted by Crippen LogP contribution is 2.55. The largest absolute Gasteiger partial charge is 0.272 e. The third-order valence-corrected chi connectivity index (χ3v) is 6.91. The van der Waals surface area contributed by atoms with Crippen molar-refractivity contribution < 1.29 is 0 Å². The molecule has 1 heteroatoms. The molecule has 148 valence electrons. The molecule has 0 bridgehead atoms. The molecule has 0 aliphatic carbocycles. The van der Waals surface area contributed by atoms with Gasteiger partial charge in [-0.3, -0.25) is 4.90 Å². The first-order valence-corrected chi connectivity index (χ1v) is 10.7. The van der Waals surface area contributed by atoms with Gasteiger partial charge in [0.2, 0.25) is 0 Å². The van der Waals surface area contributed by atoms with Crippen LogP contribution >= 0.6 is 0 Å². The van der Waals surface area contributed by atoms with Gasteiger partial charge in [-0.15, -0.1) is 0 Å². The highest BCUT2D eigenvalue weighted by atomic mass is 15.3. The second-order valence-electron chi connectivity index (χ2n) is 8.49. The molecule has 1 heterocycles. The molecule has 0 aromatic heterocycles. The molecule has 4 aromatic rings. The van der Waals surface area contributed by atoms with Crippen molar-refractivity contribution in [2.75, 3.05) is 0 Å². The molecular formula is C29H27N. The van der Waals surface area contributed by atoms with Crippen molar-refractivity contribution in [3.8, 4) is 0 Å². The van der Waals surface area contributed by atoms with Crippen LogP contribution in [0.25, 0.3) is 0 Å². The topological polar surface area (TPSA) is 3.24 Å². The molecule has 0 spiro atoms. The molecule has 30 heavy (non-hydrogen) atoms. The van der Waals surface area contributed by atoms with Gasteiger partial charge in [0.25, 0.3) is 0 Å². The number of benzene rings is 4. The summed E-state index contributed by atoms with van der Waals surface area (Å²) in [7, 11) is 0. The zero-order valence-electron chi connectivity index (χ0n) is 17.6. The molecule has 0 fully saturated rings. The molecule has 0 saturated heterocycles. The first kappa shape index (κ1) is 18.8. The van der Waals surface area contributed by atoms with Crippen LogP contribution in [0.5, 0.6) is 0 Å². The smallest absolute Gasteiger partial charge is 0.0703 e. The third-order valence-electron chi connectivity index (χ3n) is 6.91. The maximum absolute atomic E-state index is 2.69. The SMILES string of the molecule is C[C@]1(c2ccccc2)c2ccccc2[C@@](C)(c2ccccc2)N1Cc1ccccc1. The Bertz CT molecular complexity index is 1060. The highest BCUT2D eigenvalue weighted by Gasteiger charge is 2.54. The van der Waals surface area contributed by atoms with E-state index in [9.17, 15) is 0 Å². The van der Waals surface area contributed by atoms with Gasteiger partial charge in [-0.05, 0) is 41.7 Å². The second-order valence-corrected chi connectivity index (χ2v) is 8.49. The summed E-state index contributed by atoms with van der Waals surface area (Å²) < 4.78 is 0. The molecule has 1 nitrogen and oxygen atoms in total. The van der Waals surface area contributed by atoms with Crippen LogP contribution in [0.4, 0.5) is 0 Å². The molecule has 5 rings (SSSR count). The molecule has 1 aliphatic heterocycles. The van der Waals surface area contributed by atoms with Crippen LogP contribution in [-0.2, 0) is 17.6 Å². The van der Waals surface area contributed by atoms with Gasteiger partial charge < -0.3 is 0 Å². The van der Waals surface area contributed by atoms with Crippen molar-refractivity contribution in [2.45, 2.75) is 31.5 Å². The summed E-state index contributed by atoms with van der Waals surface area (Å²) in [5.74, 6) is 0. The van der Waals surface area contributed by atoms with Crippen molar-refractivity contribution in [3.63, 3.8) is 0 Å². The summed E-state index contributed by atoms with van der Waals surface area (Å²) in [5.41, 5.74) is 6.28. The van der Waals surface area contributed by atoms with Crippen LogP contribution in [-0.4, -0.2) is 4.90 Å². The molecule has 0 amide bonds. The fourth-order valence-electron chi connectivity index (χ4n) is 5.30. The zero-order chi connectivity index (χ0) is 20.6. The average Bonchev–Trinajstić information content (AvgIpc) is 3.02. The van der Waals surface area contributed by atoms with Gasteiger partial charge in [-0.1, -0.05) is 115 Å². The Hall–Kier alpha value is -3.16. The van der Waals surface area contributed by atoms with E-state index in [0.717, 1.165) is 6.54 Å². The Balaban J connectivity index is 1.79. The normalized spacial score (nSPS) is 23.3. The number of rotatable bonds is 4. The minimum atomic E-state index is -0.238. The Morgan fingerprint density at radius 1 is 0.500 bits per heavy atom. The van der Waals surface area contributed by atoms with Crippen LogP contribution in [0.2, 0.25) is 0 Å². The Morgan fingerprint density at radius 2 is 0.867 bits per heavy atom. The number of hydrogen-bond donors (Lipinski definition) is 0. The lowest BCUT2D eigenvalue weighted by Gasteiger charge is -2.45. The lowest BCUT2D eigenvalue weighted by Crippen LogP contribution is -2.49. The summed E-state index contributed by atoms with van der Waals surface area (Å²) in [4.78, 5) is 2.69. The van der Waals surface area contributed by atoms with Crippen molar-refractivity contribution in [1.29, 1.82) is 0 Å². The molecular weight excluding hydrogens is 362 g/mol. The molecule has 0 N–H and O–H groups in total. The maximum Gasteiger partial charge on any atom is 0.0703 e. The Morgan fingerprint density at radius 3 is 1.30 bits per heavy atom. The predicted octanol–water partition coefficient (Wildman–Crippen LogP) is 6.73. The fraction of sp³-hybridized carbons (Fsp3) is 0.172. The van der Waals surface area contributed by atoms with Crippen LogP contribution in [0.1, 0.15) is 41.7 Å². The Kier molecular flexibility index (Phi) is 4.56. The summed E-state index contributed by atoms with van der Waals surface area (Å²) in [5, 5.41) is 0. The molecule has 4 aromatic carbocycles. The van der Waals surface area contributed by atoms with E-state index in [0.29, 0.717) is 0 Å². The van der Waals surface area contributed by atoms with E-state index in [2.05, 4.69) is 134 Å². The lowest BCUT2D eigenvalue weighted by atomic mass is 9.83. The Labute approximate surface area is 179 Å². The minimum absolute atomic E-state index is 0.238. The van der Waals surface area contributed by atoms with Crippen LogP contribution in [0, 0.1) is 0 Å². The molecule has 0 unspecified atom stereocenters.